The van der Waals surface area contributed by atoms with Crippen LogP contribution in [0, 0.1) is 6.92 Å². The fraction of sp³-hybridized carbons (Fsp3) is 0.533. The van der Waals surface area contributed by atoms with Crippen LogP contribution in [0.25, 0.3) is 0 Å². The van der Waals surface area contributed by atoms with Gasteiger partial charge in [0.1, 0.15) is 11.5 Å². The molecule has 1 N–H and O–H groups in total. The Morgan fingerprint density at radius 3 is 2.21 bits per heavy atom. The number of methoxy groups -OCH3 is 2. The first kappa shape index (κ1) is 13.7. The van der Waals surface area contributed by atoms with Gasteiger partial charge in [0, 0.05) is 5.56 Å². The lowest BCUT2D eigenvalue weighted by Crippen LogP contribution is -2.33. The van der Waals surface area contributed by atoms with Crippen LogP contribution in [0.1, 0.15) is 36.8 Å². The summed E-state index contributed by atoms with van der Waals surface area (Å²) in [4.78, 5) is 11.8. The van der Waals surface area contributed by atoms with Crippen molar-refractivity contribution in [2.75, 3.05) is 14.2 Å². The number of carboxylic acids is 1. The van der Waals surface area contributed by atoms with Crippen LogP contribution >= 0.6 is 0 Å². The minimum atomic E-state index is -0.827. The summed E-state index contributed by atoms with van der Waals surface area (Å²) in [6.07, 6.45) is 3.19. The van der Waals surface area contributed by atoms with Gasteiger partial charge in [-0.3, -0.25) is 4.79 Å². The third-order valence-corrected chi connectivity index (χ3v) is 4.10. The number of carbonyl (C=O) groups is 1. The van der Waals surface area contributed by atoms with Crippen molar-refractivity contribution in [2.45, 2.75) is 38.0 Å². The lowest BCUT2D eigenvalue weighted by Gasteiger charge is -2.27. The Bertz CT molecular complexity index is 487. The Hall–Kier alpha value is -1.71. The Kier molecular flexibility index (Phi) is 3.69. The standard InChI is InChI=1S/C15H20O4/c1-10-8-13(19-3)11(9-12(10)18-2)15(14(16)17)6-4-5-7-15/h8-9H,4-7H2,1-3H3,(H,16,17). The molecule has 0 saturated heterocycles. The molecule has 0 radical (unpaired) electrons. The van der Waals surface area contributed by atoms with Crippen LogP contribution in [-0.2, 0) is 10.2 Å². The van der Waals surface area contributed by atoms with E-state index < -0.39 is 11.4 Å². The first-order valence-corrected chi connectivity index (χ1v) is 6.51. The van der Waals surface area contributed by atoms with Gasteiger partial charge in [0.25, 0.3) is 0 Å². The monoisotopic (exact) mass is 264 g/mol. The second kappa shape index (κ2) is 5.11. The molecule has 1 aromatic rings. The molecule has 1 aromatic carbocycles. The number of rotatable bonds is 4. The molecule has 104 valence electrons. The molecule has 0 unspecified atom stereocenters. The highest BCUT2D eigenvalue weighted by Gasteiger charge is 2.45. The summed E-state index contributed by atoms with van der Waals surface area (Å²) < 4.78 is 10.7. The number of aliphatic carboxylic acids is 1. The van der Waals surface area contributed by atoms with Crippen LogP contribution in [0.3, 0.4) is 0 Å². The fourth-order valence-corrected chi connectivity index (χ4v) is 3.00. The van der Waals surface area contributed by atoms with Gasteiger partial charge in [-0.1, -0.05) is 12.8 Å². The lowest BCUT2D eigenvalue weighted by molar-refractivity contribution is -0.143. The van der Waals surface area contributed by atoms with Gasteiger partial charge >= 0.3 is 5.97 Å². The van der Waals surface area contributed by atoms with E-state index in [0.717, 1.165) is 24.0 Å². The minimum absolute atomic E-state index is 0.641. The third-order valence-electron chi connectivity index (χ3n) is 4.10. The summed E-state index contributed by atoms with van der Waals surface area (Å²) in [6.45, 7) is 1.92. The SMILES string of the molecule is COc1cc(C2(C(=O)O)CCCC2)c(OC)cc1C. The molecule has 2 rings (SSSR count). The molecular weight excluding hydrogens is 244 g/mol. The average Bonchev–Trinajstić information content (AvgIpc) is 2.88. The molecule has 1 fully saturated rings. The molecule has 0 heterocycles. The molecule has 0 amide bonds. The second-order valence-corrected chi connectivity index (χ2v) is 5.12. The molecule has 4 nitrogen and oxygen atoms in total. The molecule has 19 heavy (non-hydrogen) atoms. The molecule has 0 aromatic heterocycles. The Morgan fingerprint density at radius 2 is 1.74 bits per heavy atom. The van der Waals surface area contributed by atoms with E-state index in [1.165, 1.54) is 0 Å². The van der Waals surface area contributed by atoms with Gasteiger partial charge in [0.15, 0.2) is 0 Å². The smallest absolute Gasteiger partial charge is 0.314 e. The molecule has 0 bridgehead atoms. The summed E-state index contributed by atoms with van der Waals surface area (Å²) in [5.41, 5.74) is 0.857. The average molecular weight is 264 g/mol. The van der Waals surface area contributed by atoms with E-state index in [4.69, 9.17) is 9.47 Å². The second-order valence-electron chi connectivity index (χ2n) is 5.12. The van der Waals surface area contributed by atoms with E-state index in [0.29, 0.717) is 24.3 Å². The molecule has 0 atom stereocenters. The summed E-state index contributed by atoms with van der Waals surface area (Å²) in [7, 11) is 3.18. The van der Waals surface area contributed by atoms with Gasteiger partial charge in [-0.15, -0.1) is 0 Å². The highest BCUT2D eigenvalue weighted by atomic mass is 16.5. The van der Waals surface area contributed by atoms with Crippen LogP contribution in [0.15, 0.2) is 12.1 Å². The van der Waals surface area contributed by atoms with Crippen molar-refractivity contribution in [1.82, 2.24) is 0 Å². The molecule has 1 aliphatic carbocycles. The van der Waals surface area contributed by atoms with Crippen molar-refractivity contribution in [1.29, 1.82) is 0 Å². The fourth-order valence-electron chi connectivity index (χ4n) is 3.00. The largest absolute Gasteiger partial charge is 0.496 e. The van der Waals surface area contributed by atoms with Crippen LogP contribution < -0.4 is 9.47 Å². The maximum Gasteiger partial charge on any atom is 0.314 e. The maximum atomic E-state index is 11.8. The number of aryl methyl sites for hydroxylation is 1. The van der Waals surface area contributed by atoms with Gasteiger partial charge in [-0.2, -0.15) is 0 Å². The Labute approximate surface area is 113 Å². The van der Waals surface area contributed by atoms with Crippen molar-refractivity contribution in [3.05, 3.63) is 23.3 Å². The zero-order valence-corrected chi connectivity index (χ0v) is 11.7. The number of ether oxygens (including phenoxy) is 2. The van der Waals surface area contributed by atoms with Crippen LogP contribution in [0.5, 0.6) is 11.5 Å². The van der Waals surface area contributed by atoms with Crippen molar-refractivity contribution < 1.29 is 19.4 Å². The van der Waals surface area contributed by atoms with Gasteiger partial charge in [0.2, 0.25) is 0 Å². The van der Waals surface area contributed by atoms with Crippen molar-refractivity contribution in [3.63, 3.8) is 0 Å². The quantitative estimate of drug-likeness (QED) is 0.908. The molecule has 4 heteroatoms. The molecule has 1 aliphatic rings. The van der Waals surface area contributed by atoms with Gasteiger partial charge < -0.3 is 14.6 Å². The van der Waals surface area contributed by atoms with E-state index in [9.17, 15) is 9.90 Å². The maximum absolute atomic E-state index is 11.8. The first-order valence-electron chi connectivity index (χ1n) is 6.51. The predicted molar refractivity (Wildman–Crippen MR) is 72.1 cm³/mol. The van der Waals surface area contributed by atoms with Crippen LogP contribution in [-0.4, -0.2) is 25.3 Å². The topological polar surface area (TPSA) is 55.8 Å². The number of hydrogen-bond acceptors (Lipinski definition) is 3. The Balaban J connectivity index is 2.61. The number of carboxylic acid groups (broad SMARTS) is 1. The molecule has 0 aliphatic heterocycles. The zero-order valence-electron chi connectivity index (χ0n) is 11.7. The Morgan fingerprint density at radius 1 is 1.16 bits per heavy atom. The zero-order chi connectivity index (χ0) is 14.0. The summed E-state index contributed by atoms with van der Waals surface area (Å²) >= 11 is 0. The van der Waals surface area contributed by atoms with E-state index in [2.05, 4.69) is 0 Å². The van der Waals surface area contributed by atoms with Crippen molar-refractivity contribution in [2.24, 2.45) is 0 Å². The molecular formula is C15H20O4. The summed E-state index contributed by atoms with van der Waals surface area (Å²) in [5.74, 6) is 0.583. The summed E-state index contributed by atoms with van der Waals surface area (Å²) in [5, 5.41) is 9.67. The highest BCUT2D eigenvalue weighted by Crippen LogP contribution is 2.46. The number of benzene rings is 1. The highest BCUT2D eigenvalue weighted by molar-refractivity contribution is 5.83. The van der Waals surface area contributed by atoms with Gasteiger partial charge in [-0.25, -0.2) is 0 Å². The van der Waals surface area contributed by atoms with E-state index in [1.54, 1.807) is 14.2 Å². The minimum Gasteiger partial charge on any atom is -0.496 e. The first-order chi connectivity index (χ1) is 9.05. The van der Waals surface area contributed by atoms with E-state index >= 15 is 0 Å². The molecule has 1 saturated carbocycles. The normalized spacial score (nSPS) is 17.2. The van der Waals surface area contributed by atoms with Gasteiger partial charge in [0.05, 0.1) is 19.6 Å². The van der Waals surface area contributed by atoms with Crippen LogP contribution in [0.4, 0.5) is 0 Å². The van der Waals surface area contributed by atoms with Crippen molar-refractivity contribution in [3.8, 4) is 11.5 Å². The van der Waals surface area contributed by atoms with Gasteiger partial charge in [-0.05, 0) is 37.5 Å². The summed E-state index contributed by atoms with van der Waals surface area (Å²) in [6, 6.07) is 3.69. The van der Waals surface area contributed by atoms with E-state index in [1.807, 2.05) is 19.1 Å². The molecule has 0 spiro atoms. The third kappa shape index (κ3) is 2.15. The number of hydrogen-bond donors (Lipinski definition) is 1. The predicted octanol–water partition coefficient (Wildman–Crippen LogP) is 2.91. The van der Waals surface area contributed by atoms with E-state index in [-0.39, 0.29) is 0 Å². The van der Waals surface area contributed by atoms with Crippen molar-refractivity contribution >= 4 is 5.97 Å². The lowest BCUT2D eigenvalue weighted by atomic mass is 9.78. The van der Waals surface area contributed by atoms with Crippen LogP contribution in [0.2, 0.25) is 0 Å².